The molecule has 1 saturated heterocycles. The van der Waals surface area contributed by atoms with Gasteiger partial charge in [0.15, 0.2) is 28.6 Å². The molecule has 178 valence electrons. The van der Waals surface area contributed by atoms with Crippen molar-refractivity contribution in [2.75, 3.05) is 6.61 Å². The molecule has 0 aromatic rings. The van der Waals surface area contributed by atoms with Crippen LogP contribution in [0.2, 0.25) is 0 Å². The molecule has 1 aliphatic heterocycles. The number of carbonyl (C=O) groups excluding carboxylic acids is 2. The van der Waals surface area contributed by atoms with E-state index >= 15 is 4.39 Å². The zero-order valence-electron chi connectivity index (χ0n) is 19.4. The van der Waals surface area contributed by atoms with Gasteiger partial charge in [-0.25, -0.2) is 4.39 Å². The lowest BCUT2D eigenvalue weighted by Crippen LogP contribution is -2.61. The fourth-order valence-electron chi connectivity index (χ4n) is 6.91. The molecule has 0 aromatic heterocycles. The maximum Gasteiger partial charge on any atom is 0.192 e. The average molecular weight is 451 g/mol. The van der Waals surface area contributed by atoms with Crippen LogP contribution in [-0.2, 0) is 19.1 Å². The topological polar surface area (TPSA) is 93.1 Å². The minimum atomic E-state index is -2.01. The molecule has 0 radical (unpaired) electrons. The number of halogens is 1. The number of ketones is 2. The highest BCUT2D eigenvalue weighted by molar-refractivity contribution is 6.01. The number of alkyl halides is 1. The molecule has 0 unspecified atom stereocenters. The molecule has 7 heteroatoms. The fourth-order valence-corrected chi connectivity index (χ4v) is 6.91. The van der Waals surface area contributed by atoms with Gasteiger partial charge in [0.25, 0.3) is 0 Å². The van der Waals surface area contributed by atoms with Crippen molar-refractivity contribution in [3.8, 4) is 0 Å². The monoisotopic (exact) mass is 450 g/mol. The Morgan fingerprint density at radius 2 is 2.06 bits per heavy atom. The standard InChI is InChI=1S/C25H35FO6/c1-5-6-19(29)25(26)18(8-7-16-12-17(28)9-10-23(16,25)4)15-11-21-24(13-15,20(30)14-27)32-22(2,3)31-21/h9-10,12,15,18-19,21,27,29H,5-8,11,13-14H2,1-4H3/t15-,18+,19+,21-,23+,24-,25+/m1/s1. The van der Waals surface area contributed by atoms with Crippen LogP contribution in [0.3, 0.4) is 0 Å². The number of hydrogen-bond acceptors (Lipinski definition) is 6. The zero-order chi connectivity index (χ0) is 23.5. The van der Waals surface area contributed by atoms with Crippen molar-refractivity contribution in [2.24, 2.45) is 17.3 Å². The lowest BCUT2D eigenvalue weighted by Gasteiger charge is -2.55. The Morgan fingerprint density at radius 1 is 1.34 bits per heavy atom. The molecule has 0 amide bonds. The summed E-state index contributed by atoms with van der Waals surface area (Å²) >= 11 is 0. The Labute approximate surface area is 188 Å². The van der Waals surface area contributed by atoms with Crippen molar-refractivity contribution in [3.05, 3.63) is 23.8 Å². The van der Waals surface area contributed by atoms with Gasteiger partial charge in [0.2, 0.25) is 0 Å². The summed E-state index contributed by atoms with van der Waals surface area (Å²) in [5.41, 5.74) is -3.70. The number of fused-ring (bicyclic) bond motifs is 2. The van der Waals surface area contributed by atoms with Gasteiger partial charge in [0, 0.05) is 11.3 Å². The first kappa shape index (κ1) is 23.7. The zero-order valence-corrected chi connectivity index (χ0v) is 19.4. The quantitative estimate of drug-likeness (QED) is 0.646. The van der Waals surface area contributed by atoms with Crippen molar-refractivity contribution in [1.29, 1.82) is 0 Å². The van der Waals surface area contributed by atoms with Gasteiger partial charge in [0.05, 0.1) is 12.2 Å². The predicted molar refractivity (Wildman–Crippen MR) is 115 cm³/mol. The summed E-state index contributed by atoms with van der Waals surface area (Å²) in [5, 5.41) is 20.8. The molecular formula is C25H35FO6. The molecule has 7 atom stereocenters. The van der Waals surface area contributed by atoms with Crippen LogP contribution in [0.25, 0.3) is 0 Å². The summed E-state index contributed by atoms with van der Waals surface area (Å²) in [5.74, 6) is -2.38. The van der Waals surface area contributed by atoms with Gasteiger partial charge in [-0.05, 0) is 70.9 Å². The lowest BCUT2D eigenvalue weighted by molar-refractivity contribution is -0.186. The first-order valence-corrected chi connectivity index (χ1v) is 11.8. The Kier molecular flexibility index (Phi) is 5.81. The number of Topliss-reactive ketones (excluding diaryl/α,β-unsaturated/α-hetero) is 1. The highest BCUT2D eigenvalue weighted by Gasteiger charge is 2.68. The molecule has 3 fully saturated rings. The molecule has 0 aromatic carbocycles. The molecule has 4 rings (SSSR count). The minimum Gasteiger partial charge on any atom is -0.390 e. The first-order chi connectivity index (χ1) is 14.9. The highest BCUT2D eigenvalue weighted by Crippen LogP contribution is 2.62. The SMILES string of the molecule is CCC[C@H](O)[C@@]1(F)[C@H]([C@@H]2C[C@H]3OC(C)(C)O[C@@]3(C(=O)CO)C2)CCC2=CC(=O)C=C[C@@]21C. The van der Waals surface area contributed by atoms with Crippen LogP contribution < -0.4 is 0 Å². The normalized spacial score (nSPS) is 43.5. The minimum absolute atomic E-state index is 0.157. The van der Waals surface area contributed by atoms with Crippen LogP contribution in [0.1, 0.15) is 66.2 Å². The van der Waals surface area contributed by atoms with Gasteiger partial charge < -0.3 is 19.7 Å². The maximum absolute atomic E-state index is 17.4. The van der Waals surface area contributed by atoms with E-state index in [1.54, 1.807) is 26.8 Å². The summed E-state index contributed by atoms with van der Waals surface area (Å²) in [6.45, 7) is 6.48. The molecule has 3 aliphatic carbocycles. The molecule has 32 heavy (non-hydrogen) atoms. The Morgan fingerprint density at radius 3 is 2.72 bits per heavy atom. The number of ether oxygens (including phenoxy) is 2. The Balaban J connectivity index is 1.73. The molecule has 0 spiro atoms. The van der Waals surface area contributed by atoms with E-state index in [1.165, 1.54) is 12.2 Å². The van der Waals surface area contributed by atoms with Crippen molar-refractivity contribution < 1.29 is 33.7 Å². The third kappa shape index (κ3) is 3.27. The van der Waals surface area contributed by atoms with E-state index in [-0.39, 0.29) is 18.1 Å². The van der Waals surface area contributed by atoms with Gasteiger partial charge in [0.1, 0.15) is 6.61 Å². The number of aliphatic hydroxyl groups excluding tert-OH is 2. The van der Waals surface area contributed by atoms with Gasteiger partial charge in [-0.15, -0.1) is 0 Å². The smallest absolute Gasteiger partial charge is 0.192 e. The van der Waals surface area contributed by atoms with Crippen LogP contribution in [0.4, 0.5) is 4.39 Å². The van der Waals surface area contributed by atoms with E-state index in [0.717, 1.165) is 0 Å². The summed E-state index contributed by atoms with van der Waals surface area (Å²) < 4.78 is 29.5. The second kappa shape index (κ2) is 7.83. The Bertz CT molecular complexity index is 864. The number of carbonyl (C=O) groups is 2. The van der Waals surface area contributed by atoms with Gasteiger partial charge in [-0.3, -0.25) is 9.59 Å². The van der Waals surface area contributed by atoms with Crippen LogP contribution in [-0.4, -0.2) is 57.7 Å². The summed E-state index contributed by atoms with van der Waals surface area (Å²) in [7, 11) is 0. The van der Waals surface area contributed by atoms with E-state index in [0.29, 0.717) is 37.7 Å². The first-order valence-electron chi connectivity index (χ1n) is 11.8. The molecule has 2 N–H and O–H groups in total. The second-order valence-corrected chi connectivity index (χ2v) is 10.6. The van der Waals surface area contributed by atoms with E-state index in [9.17, 15) is 19.8 Å². The van der Waals surface area contributed by atoms with E-state index in [1.807, 2.05) is 6.92 Å². The van der Waals surface area contributed by atoms with Gasteiger partial charge >= 0.3 is 0 Å². The molecule has 1 heterocycles. The number of hydrogen-bond donors (Lipinski definition) is 2. The van der Waals surface area contributed by atoms with E-state index in [2.05, 4.69) is 0 Å². The third-order valence-electron chi connectivity index (χ3n) is 8.31. The van der Waals surface area contributed by atoms with Crippen LogP contribution >= 0.6 is 0 Å². The number of rotatable bonds is 6. The van der Waals surface area contributed by atoms with Crippen molar-refractivity contribution in [2.45, 2.75) is 95.5 Å². The summed E-state index contributed by atoms with van der Waals surface area (Å²) in [6, 6.07) is 0. The van der Waals surface area contributed by atoms with Crippen LogP contribution in [0, 0.1) is 17.3 Å². The fraction of sp³-hybridized carbons (Fsp3) is 0.760. The van der Waals surface area contributed by atoms with Crippen molar-refractivity contribution >= 4 is 11.6 Å². The lowest BCUT2D eigenvalue weighted by atomic mass is 9.52. The second-order valence-electron chi connectivity index (χ2n) is 10.6. The van der Waals surface area contributed by atoms with Gasteiger partial charge in [-0.2, -0.15) is 0 Å². The van der Waals surface area contributed by atoms with E-state index in [4.69, 9.17) is 9.47 Å². The largest absolute Gasteiger partial charge is 0.390 e. The maximum atomic E-state index is 17.4. The van der Waals surface area contributed by atoms with Crippen LogP contribution in [0.5, 0.6) is 0 Å². The summed E-state index contributed by atoms with van der Waals surface area (Å²) in [4.78, 5) is 24.8. The number of aliphatic hydroxyl groups is 2. The molecule has 4 aliphatic rings. The van der Waals surface area contributed by atoms with Gasteiger partial charge in [-0.1, -0.05) is 25.0 Å². The Hall–Kier alpha value is -1.41. The predicted octanol–water partition coefficient (Wildman–Crippen LogP) is 3.20. The summed E-state index contributed by atoms with van der Waals surface area (Å²) in [6.07, 6.45) is 5.35. The van der Waals surface area contributed by atoms with Crippen molar-refractivity contribution in [1.82, 2.24) is 0 Å². The molecule has 6 nitrogen and oxygen atoms in total. The van der Waals surface area contributed by atoms with Crippen molar-refractivity contribution in [3.63, 3.8) is 0 Å². The average Bonchev–Trinajstić information content (AvgIpc) is 3.18. The molecular weight excluding hydrogens is 415 g/mol. The molecule has 0 bridgehead atoms. The number of allylic oxidation sites excluding steroid dienone is 4. The third-order valence-corrected chi connectivity index (χ3v) is 8.31. The van der Waals surface area contributed by atoms with E-state index < -0.39 is 53.0 Å². The highest BCUT2D eigenvalue weighted by atomic mass is 19.1. The van der Waals surface area contributed by atoms with Crippen LogP contribution in [0.15, 0.2) is 23.8 Å². The molecule has 2 saturated carbocycles.